The van der Waals surface area contributed by atoms with Gasteiger partial charge in [-0.3, -0.25) is 0 Å². The molecule has 3 heteroatoms. The van der Waals surface area contributed by atoms with E-state index in [2.05, 4.69) is 29.0 Å². The van der Waals surface area contributed by atoms with E-state index in [4.69, 9.17) is 5.73 Å². The maximum absolute atomic E-state index is 5.86. The van der Waals surface area contributed by atoms with Gasteiger partial charge >= 0.3 is 0 Å². The highest BCUT2D eigenvalue weighted by molar-refractivity contribution is 5.29. The van der Waals surface area contributed by atoms with Crippen LogP contribution < -0.4 is 5.73 Å². The smallest absolute Gasteiger partial charge is 0.132 e. The van der Waals surface area contributed by atoms with Crippen LogP contribution in [0, 0.1) is 13.8 Å². The van der Waals surface area contributed by atoms with Gasteiger partial charge in [-0.05, 0) is 31.9 Å². The van der Waals surface area contributed by atoms with Crippen molar-refractivity contribution in [2.45, 2.75) is 33.2 Å². The van der Waals surface area contributed by atoms with E-state index in [-0.39, 0.29) is 6.04 Å². The Morgan fingerprint density at radius 2 is 1.94 bits per heavy atom. The molecule has 0 aliphatic rings. The minimum absolute atomic E-state index is 0.0162. The van der Waals surface area contributed by atoms with E-state index < -0.39 is 0 Å². The molecule has 94 valence electrons. The average Bonchev–Trinajstić information content (AvgIpc) is 2.32. The number of nitrogens with zero attached hydrogens (tertiary/aromatic N) is 2. The molecule has 0 aliphatic heterocycles. The monoisotopic (exact) mass is 241 g/mol. The van der Waals surface area contributed by atoms with Crippen LogP contribution in [0.5, 0.6) is 0 Å². The van der Waals surface area contributed by atoms with Crippen molar-refractivity contribution in [3.63, 3.8) is 0 Å². The van der Waals surface area contributed by atoms with Gasteiger partial charge in [0, 0.05) is 29.9 Å². The molecule has 1 atom stereocenters. The van der Waals surface area contributed by atoms with Crippen molar-refractivity contribution in [1.82, 2.24) is 9.97 Å². The molecule has 0 spiro atoms. The summed E-state index contributed by atoms with van der Waals surface area (Å²) in [5.41, 5.74) is 10.4. The molecule has 0 amide bonds. The van der Waals surface area contributed by atoms with Crippen molar-refractivity contribution in [1.29, 1.82) is 0 Å². The summed E-state index contributed by atoms with van der Waals surface area (Å²) in [5.74, 6) is 0.853. The highest BCUT2D eigenvalue weighted by atomic mass is 14.9. The van der Waals surface area contributed by atoms with Crippen LogP contribution in [-0.4, -0.2) is 9.97 Å². The lowest BCUT2D eigenvalue weighted by Gasteiger charge is -2.10. The zero-order chi connectivity index (χ0) is 13.1. The second-order valence-corrected chi connectivity index (χ2v) is 4.72. The SMILES string of the molecule is Cc1ccccc1Cc1ncc(C(C)N)c(C)n1. The van der Waals surface area contributed by atoms with Gasteiger partial charge in [0.2, 0.25) is 0 Å². The summed E-state index contributed by atoms with van der Waals surface area (Å²) in [4.78, 5) is 8.95. The molecule has 0 bridgehead atoms. The minimum atomic E-state index is -0.0162. The number of nitrogens with two attached hydrogens (primary N) is 1. The first-order valence-corrected chi connectivity index (χ1v) is 6.20. The molecule has 0 fully saturated rings. The Morgan fingerprint density at radius 3 is 2.56 bits per heavy atom. The first-order chi connectivity index (χ1) is 8.58. The molecular weight excluding hydrogens is 222 g/mol. The van der Waals surface area contributed by atoms with Gasteiger partial charge in [-0.1, -0.05) is 24.3 Å². The zero-order valence-corrected chi connectivity index (χ0v) is 11.1. The van der Waals surface area contributed by atoms with E-state index in [1.165, 1.54) is 11.1 Å². The highest BCUT2D eigenvalue weighted by Gasteiger charge is 2.08. The Kier molecular flexibility index (Phi) is 3.72. The third-order valence-electron chi connectivity index (χ3n) is 3.17. The summed E-state index contributed by atoms with van der Waals surface area (Å²) in [6.07, 6.45) is 2.62. The quantitative estimate of drug-likeness (QED) is 0.899. The van der Waals surface area contributed by atoms with E-state index in [9.17, 15) is 0 Å². The molecule has 1 aromatic heterocycles. The number of hydrogen-bond donors (Lipinski definition) is 1. The Bertz CT molecular complexity index is 547. The number of aryl methyl sites for hydroxylation is 2. The molecule has 0 saturated heterocycles. The fourth-order valence-corrected chi connectivity index (χ4v) is 2.04. The van der Waals surface area contributed by atoms with Gasteiger partial charge in [0.05, 0.1) is 0 Å². The predicted octanol–water partition coefficient (Wildman–Crippen LogP) is 2.70. The van der Waals surface area contributed by atoms with E-state index in [0.717, 1.165) is 23.5 Å². The molecule has 1 heterocycles. The fourth-order valence-electron chi connectivity index (χ4n) is 2.04. The molecule has 18 heavy (non-hydrogen) atoms. The second-order valence-electron chi connectivity index (χ2n) is 4.72. The molecule has 2 N–H and O–H groups in total. The Labute approximate surface area is 108 Å². The van der Waals surface area contributed by atoms with E-state index >= 15 is 0 Å². The highest BCUT2D eigenvalue weighted by Crippen LogP contribution is 2.15. The van der Waals surface area contributed by atoms with Gasteiger partial charge in [0.1, 0.15) is 5.82 Å². The van der Waals surface area contributed by atoms with Gasteiger partial charge in [-0.25, -0.2) is 9.97 Å². The van der Waals surface area contributed by atoms with E-state index in [1.807, 2.05) is 32.2 Å². The van der Waals surface area contributed by atoms with Crippen LogP contribution in [0.2, 0.25) is 0 Å². The summed E-state index contributed by atoms with van der Waals surface area (Å²) in [5, 5.41) is 0. The zero-order valence-electron chi connectivity index (χ0n) is 11.1. The number of hydrogen-bond acceptors (Lipinski definition) is 3. The summed E-state index contributed by atoms with van der Waals surface area (Å²) in [6, 6.07) is 8.30. The van der Waals surface area contributed by atoms with Gasteiger partial charge in [-0.15, -0.1) is 0 Å². The van der Waals surface area contributed by atoms with E-state index in [1.54, 1.807) is 0 Å². The fraction of sp³-hybridized carbons (Fsp3) is 0.333. The number of rotatable bonds is 3. The normalized spacial score (nSPS) is 12.4. The molecule has 0 aliphatic carbocycles. The minimum Gasteiger partial charge on any atom is -0.324 e. The van der Waals surface area contributed by atoms with Crippen molar-refractivity contribution in [3.8, 4) is 0 Å². The van der Waals surface area contributed by atoms with Crippen LogP contribution in [0.25, 0.3) is 0 Å². The number of benzene rings is 1. The van der Waals surface area contributed by atoms with Gasteiger partial charge in [-0.2, -0.15) is 0 Å². The number of aromatic nitrogens is 2. The lowest BCUT2D eigenvalue weighted by atomic mass is 10.1. The van der Waals surface area contributed by atoms with E-state index in [0.29, 0.717) is 0 Å². The first kappa shape index (κ1) is 12.7. The van der Waals surface area contributed by atoms with Crippen molar-refractivity contribution in [3.05, 3.63) is 58.7 Å². The summed E-state index contributed by atoms with van der Waals surface area (Å²) < 4.78 is 0. The largest absolute Gasteiger partial charge is 0.324 e. The van der Waals surface area contributed by atoms with Crippen molar-refractivity contribution in [2.24, 2.45) is 5.73 Å². The predicted molar refractivity (Wildman–Crippen MR) is 73.4 cm³/mol. The standard InChI is InChI=1S/C15H19N3/c1-10-6-4-5-7-13(10)8-15-17-9-14(11(2)16)12(3)18-15/h4-7,9,11H,8,16H2,1-3H3. The maximum atomic E-state index is 5.86. The summed E-state index contributed by atoms with van der Waals surface area (Å²) in [6.45, 7) is 6.05. The lowest BCUT2D eigenvalue weighted by molar-refractivity contribution is 0.776. The molecular formula is C15H19N3. The molecule has 0 radical (unpaired) electrons. The first-order valence-electron chi connectivity index (χ1n) is 6.20. The molecule has 2 aromatic rings. The van der Waals surface area contributed by atoms with Crippen LogP contribution in [0.1, 0.15) is 41.2 Å². The van der Waals surface area contributed by atoms with Crippen LogP contribution in [-0.2, 0) is 6.42 Å². The average molecular weight is 241 g/mol. The second kappa shape index (κ2) is 5.27. The van der Waals surface area contributed by atoms with Crippen molar-refractivity contribution >= 4 is 0 Å². The van der Waals surface area contributed by atoms with Crippen LogP contribution >= 0.6 is 0 Å². The van der Waals surface area contributed by atoms with Gasteiger partial charge in [0.25, 0.3) is 0 Å². The van der Waals surface area contributed by atoms with Crippen molar-refractivity contribution in [2.75, 3.05) is 0 Å². The van der Waals surface area contributed by atoms with Crippen LogP contribution in [0.15, 0.2) is 30.5 Å². The summed E-state index contributed by atoms with van der Waals surface area (Å²) in [7, 11) is 0. The van der Waals surface area contributed by atoms with Crippen molar-refractivity contribution < 1.29 is 0 Å². The molecule has 2 rings (SSSR count). The maximum Gasteiger partial charge on any atom is 0.132 e. The topological polar surface area (TPSA) is 51.8 Å². The van der Waals surface area contributed by atoms with Crippen LogP contribution in [0.3, 0.4) is 0 Å². The Morgan fingerprint density at radius 1 is 1.22 bits per heavy atom. The lowest BCUT2D eigenvalue weighted by Crippen LogP contribution is -2.10. The Balaban J connectivity index is 2.26. The Hall–Kier alpha value is -1.74. The van der Waals surface area contributed by atoms with Crippen LogP contribution in [0.4, 0.5) is 0 Å². The third kappa shape index (κ3) is 2.74. The molecule has 1 unspecified atom stereocenters. The third-order valence-corrected chi connectivity index (χ3v) is 3.17. The molecule has 1 aromatic carbocycles. The molecule has 3 nitrogen and oxygen atoms in total. The summed E-state index contributed by atoms with van der Waals surface area (Å²) >= 11 is 0. The van der Waals surface area contributed by atoms with Gasteiger partial charge < -0.3 is 5.73 Å². The van der Waals surface area contributed by atoms with Gasteiger partial charge in [0.15, 0.2) is 0 Å². The molecule has 0 saturated carbocycles.